The summed E-state index contributed by atoms with van der Waals surface area (Å²) in [5, 5.41) is 8.89. The molecule has 0 radical (unpaired) electrons. The van der Waals surface area contributed by atoms with Crippen LogP contribution in [0.1, 0.15) is 6.42 Å². The number of aliphatic hydroxyl groups excluding tert-OH is 1. The van der Waals surface area contributed by atoms with Crippen molar-refractivity contribution in [2.24, 2.45) is 5.92 Å². The third-order valence-corrected chi connectivity index (χ3v) is 2.82. The molecule has 56 valence electrons. The molecule has 0 aliphatic carbocycles. The molecule has 0 aromatic rings. The molecule has 0 saturated carbocycles. The van der Waals surface area contributed by atoms with Gasteiger partial charge < -0.3 is 14.6 Å². The topological polar surface area (TPSA) is 42.0 Å². The molecule has 1 N–H and O–H groups in total. The second-order valence-corrected chi connectivity index (χ2v) is 3.38. The van der Waals surface area contributed by atoms with Crippen LogP contribution in [0.5, 0.6) is 0 Å². The van der Waals surface area contributed by atoms with Gasteiger partial charge >= 0.3 is 0 Å². The van der Waals surface area contributed by atoms with Crippen molar-refractivity contribution in [3.63, 3.8) is 0 Å². The Hall–Kier alpha value is -0.120. The van der Waals surface area contributed by atoms with E-state index in [1.54, 1.807) is 0 Å². The average Bonchev–Trinajstić information content (AvgIpc) is 2.58. The molecule has 10 heavy (non-hydrogen) atoms. The van der Waals surface area contributed by atoms with E-state index in [0.29, 0.717) is 24.2 Å². The molecule has 3 saturated heterocycles. The van der Waals surface area contributed by atoms with Gasteiger partial charge in [-0.25, -0.2) is 0 Å². The van der Waals surface area contributed by atoms with Gasteiger partial charge in [0, 0.05) is 12.5 Å². The molecule has 3 aliphatic heterocycles. The summed E-state index contributed by atoms with van der Waals surface area (Å²) in [5.74, 6) is 0.355. The maximum Gasteiger partial charge on any atom is 0.113 e. The minimum atomic E-state index is 0.222. The Morgan fingerprint density at radius 1 is 1.20 bits per heavy atom. The van der Waals surface area contributed by atoms with Crippen LogP contribution in [-0.2, 0) is 9.47 Å². The van der Waals surface area contributed by atoms with Gasteiger partial charge in [0.15, 0.2) is 0 Å². The first-order valence-corrected chi connectivity index (χ1v) is 3.82. The van der Waals surface area contributed by atoms with E-state index in [0.717, 1.165) is 6.42 Å². The maximum atomic E-state index is 8.89. The van der Waals surface area contributed by atoms with E-state index in [1.807, 2.05) is 0 Å². The summed E-state index contributed by atoms with van der Waals surface area (Å²) >= 11 is 0. The zero-order valence-electron chi connectivity index (χ0n) is 5.56. The van der Waals surface area contributed by atoms with Gasteiger partial charge in [0.05, 0.1) is 12.2 Å². The van der Waals surface area contributed by atoms with Crippen molar-refractivity contribution in [3.8, 4) is 0 Å². The number of aliphatic hydroxyl groups is 1. The molecule has 2 unspecified atom stereocenters. The van der Waals surface area contributed by atoms with E-state index in [-0.39, 0.29) is 12.7 Å². The summed E-state index contributed by atoms with van der Waals surface area (Å²) in [6.07, 6.45) is 2.28. The number of epoxide rings is 1. The van der Waals surface area contributed by atoms with Crippen molar-refractivity contribution in [2.45, 2.75) is 30.8 Å². The Balaban J connectivity index is 1.85. The van der Waals surface area contributed by atoms with Crippen molar-refractivity contribution >= 4 is 0 Å². The number of fused-ring (bicyclic) bond motifs is 5. The molecule has 0 aromatic carbocycles. The second-order valence-electron chi connectivity index (χ2n) is 3.38. The highest BCUT2D eigenvalue weighted by Gasteiger charge is 2.64. The molecule has 3 fully saturated rings. The smallest absolute Gasteiger partial charge is 0.113 e. The fourth-order valence-electron chi connectivity index (χ4n) is 2.24. The molecule has 3 heterocycles. The van der Waals surface area contributed by atoms with Gasteiger partial charge in [-0.1, -0.05) is 0 Å². The van der Waals surface area contributed by atoms with Crippen molar-refractivity contribution in [2.75, 3.05) is 6.61 Å². The lowest BCUT2D eigenvalue weighted by atomic mass is 9.90. The summed E-state index contributed by atoms with van der Waals surface area (Å²) in [5.41, 5.74) is 0. The van der Waals surface area contributed by atoms with E-state index in [9.17, 15) is 0 Å². The average molecular weight is 142 g/mol. The van der Waals surface area contributed by atoms with Crippen molar-refractivity contribution < 1.29 is 14.6 Å². The molecular formula is C7H10O3. The van der Waals surface area contributed by atoms with Gasteiger partial charge in [0.1, 0.15) is 12.2 Å². The van der Waals surface area contributed by atoms with Gasteiger partial charge in [0.25, 0.3) is 0 Å². The van der Waals surface area contributed by atoms with E-state index in [4.69, 9.17) is 14.6 Å². The highest BCUT2D eigenvalue weighted by atomic mass is 16.7. The number of hydrogen-bond donors (Lipinski definition) is 1. The van der Waals surface area contributed by atoms with Gasteiger partial charge in [0.2, 0.25) is 0 Å². The summed E-state index contributed by atoms with van der Waals surface area (Å²) in [6.45, 7) is 0.258. The van der Waals surface area contributed by atoms with E-state index in [1.165, 1.54) is 0 Å². The van der Waals surface area contributed by atoms with Crippen LogP contribution in [0.2, 0.25) is 0 Å². The van der Waals surface area contributed by atoms with E-state index < -0.39 is 0 Å². The van der Waals surface area contributed by atoms with Crippen LogP contribution in [0.4, 0.5) is 0 Å². The molecule has 3 nitrogen and oxygen atoms in total. The molecule has 0 spiro atoms. The lowest BCUT2D eigenvalue weighted by Crippen LogP contribution is -2.26. The van der Waals surface area contributed by atoms with Crippen LogP contribution in [-0.4, -0.2) is 36.1 Å². The third-order valence-electron chi connectivity index (χ3n) is 2.82. The molecule has 3 heteroatoms. The first kappa shape index (κ1) is 5.52. The number of hydrogen-bond acceptors (Lipinski definition) is 3. The summed E-state index contributed by atoms with van der Waals surface area (Å²) in [6, 6.07) is 0. The van der Waals surface area contributed by atoms with Crippen molar-refractivity contribution in [3.05, 3.63) is 0 Å². The Kier molecular flexibility index (Phi) is 0.854. The second kappa shape index (κ2) is 1.55. The largest absolute Gasteiger partial charge is 0.396 e. The maximum absolute atomic E-state index is 8.89. The molecule has 5 atom stereocenters. The zero-order valence-corrected chi connectivity index (χ0v) is 5.56. The van der Waals surface area contributed by atoms with Gasteiger partial charge in [-0.2, -0.15) is 0 Å². The normalized spacial score (nSPS) is 62.7. The summed E-state index contributed by atoms with van der Waals surface area (Å²) in [7, 11) is 0. The Morgan fingerprint density at radius 2 is 2.10 bits per heavy atom. The van der Waals surface area contributed by atoms with Crippen LogP contribution >= 0.6 is 0 Å². The number of ether oxygens (including phenoxy) is 2. The standard InChI is InChI=1S/C7H10O3/c8-2-3-1-4-6-7(10-6)5(3)9-4/h3-8H,1-2H2/t3-,4-,5+,6?,7?/m0/s1. The first-order valence-electron chi connectivity index (χ1n) is 3.82. The highest BCUT2D eigenvalue weighted by molar-refractivity contribution is 5.11. The minimum absolute atomic E-state index is 0.222. The molecule has 3 aliphatic rings. The quantitative estimate of drug-likeness (QED) is 0.503. The van der Waals surface area contributed by atoms with Crippen LogP contribution in [0.3, 0.4) is 0 Å². The molecule has 0 aromatic heterocycles. The Bertz CT molecular complexity index is 170. The molecule has 2 bridgehead atoms. The monoisotopic (exact) mass is 142 g/mol. The van der Waals surface area contributed by atoms with Crippen LogP contribution < -0.4 is 0 Å². The molecular weight excluding hydrogens is 132 g/mol. The van der Waals surface area contributed by atoms with Gasteiger partial charge in [-0.15, -0.1) is 0 Å². The predicted molar refractivity (Wildman–Crippen MR) is 32.5 cm³/mol. The predicted octanol–water partition coefficient (Wildman–Crippen LogP) is -0.467. The van der Waals surface area contributed by atoms with Gasteiger partial charge in [-0.3, -0.25) is 0 Å². The van der Waals surface area contributed by atoms with E-state index >= 15 is 0 Å². The lowest BCUT2D eigenvalue weighted by molar-refractivity contribution is 0.00587. The van der Waals surface area contributed by atoms with Gasteiger partial charge in [-0.05, 0) is 6.42 Å². The SMILES string of the molecule is OC[C@@H]1C[C@@H]2O[C@H]1C1OC12. The van der Waals surface area contributed by atoms with Crippen LogP contribution in [0.15, 0.2) is 0 Å². The Morgan fingerprint density at radius 3 is 2.70 bits per heavy atom. The van der Waals surface area contributed by atoms with Crippen molar-refractivity contribution in [1.29, 1.82) is 0 Å². The Labute approximate surface area is 58.9 Å². The summed E-state index contributed by atoms with van der Waals surface area (Å²) in [4.78, 5) is 0. The minimum Gasteiger partial charge on any atom is -0.396 e. The lowest BCUT2D eigenvalue weighted by Gasteiger charge is -2.12. The van der Waals surface area contributed by atoms with Crippen LogP contribution in [0, 0.1) is 5.92 Å². The van der Waals surface area contributed by atoms with Crippen molar-refractivity contribution in [1.82, 2.24) is 0 Å². The highest BCUT2D eigenvalue weighted by Crippen LogP contribution is 2.50. The fraction of sp³-hybridized carbons (Fsp3) is 1.00. The molecule has 0 amide bonds. The van der Waals surface area contributed by atoms with Crippen LogP contribution in [0.25, 0.3) is 0 Å². The zero-order chi connectivity index (χ0) is 6.72. The first-order chi connectivity index (χ1) is 4.90. The number of rotatable bonds is 1. The fourth-order valence-corrected chi connectivity index (χ4v) is 2.24. The third kappa shape index (κ3) is 0.480. The summed E-state index contributed by atoms with van der Waals surface area (Å²) < 4.78 is 10.9. The van der Waals surface area contributed by atoms with E-state index in [2.05, 4.69) is 0 Å². The molecule has 3 rings (SSSR count).